The number of nitrogens with one attached hydrogen (secondary N) is 1. The van der Waals surface area contributed by atoms with E-state index in [2.05, 4.69) is 5.32 Å². The van der Waals surface area contributed by atoms with E-state index in [0.717, 1.165) is 29.0 Å². The van der Waals surface area contributed by atoms with E-state index in [1.165, 1.54) is 4.57 Å². The van der Waals surface area contributed by atoms with Gasteiger partial charge in [0.25, 0.3) is 0 Å². The summed E-state index contributed by atoms with van der Waals surface area (Å²) in [6.07, 6.45) is 0.813. The van der Waals surface area contributed by atoms with Gasteiger partial charge >= 0.3 is 5.76 Å². The van der Waals surface area contributed by atoms with E-state index in [-0.39, 0.29) is 18.4 Å². The van der Waals surface area contributed by atoms with Gasteiger partial charge in [0.15, 0.2) is 5.58 Å². The third kappa shape index (κ3) is 3.60. The van der Waals surface area contributed by atoms with Crippen molar-refractivity contribution in [2.45, 2.75) is 19.9 Å². The maximum absolute atomic E-state index is 12.4. The first kappa shape index (κ1) is 18.2. The van der Waals surface area contributed by atoms with Crippen LogP contribution in [0.3, 0.4) is 0 Å². The van der Waals surface area contributed by atoms with Crippen molar-refractivity contribution >= 4 is 17.0 Å². The van der Waals surface area contributed by atoms with Crippen LogP contribution in [0.25, 0.3) is 11.1 Å². The van der Waals surface area contributed by atoms with Crippen molar-refractivity contribution < 1.29 is 18.7 Å². The van der Waals surface area contributed by atoms with Gasteiger partial charge in [-0.1, -0.05) is 12.1 Å². The number of benzene rings is 2. The molecule has 7 nitrogen and oxygen atoms in total. The van der Waals surface area contributed by atoms with Crippen LogP contribution in [-0.2, 0) is 17.8 Å². The van der Waals surface area contributed by atoms with Crippen molar-refractivity contribution in [3.05, 3.63) is 58.1 Å². The fraction of sp³-hybridized carbons (Fsp3) is 0.333. The minimum Gasteiger partial charge on any atom is -0.497 e. The number of hydrogen-bond donors (Lipinski definition) is 1. The van der Waals surface area contributed by atoms with Gasteiger partial charge in [0.05, 0.1) is 19.2 Å². The lowest BCUT2D eigenvalue weighted by atomic mass is 9.96. The normalized spacial score (nSPS) is 15.7. The molecule has 4 rings (SSSR count). The van der Waals surface area contributed by atoms with Gasteiger partial charge in [-0.05, 0) is 42.7 Å². The number of oxazole rings is 1. The molecule has 1 aromatic heterocycles. The molecule has 0 fully saturated rings. The molecular weight excluding hydrogens is 360 g/mol. The number of carbonyl (C=O) groups is 1. The van der Waals surface area contributed by atoms with Gasteiger partial charge in [0.1, 0.15) is 18.0 Å². The van der Waals surface area contributed by atoms with Gasteiger partial charge in [0, 0.05) is 18.5 Å². The molecule has 0 saturated carbocycles. The Kier molecular flexibility index (Phi) is 4.81. The molecule has 1 unspecified atom stereocenters. The Morgan fingerprint density at radius 2 is 2.14 bits per heavy atom. The van der Waals surface area contributed by atoms with E-state index in [0.29, 0.717) is 24.3 Å². The van der Waals surface area contributed by atoms with Crippen LogP contribution in [0.2, 0.25) is 0 Å². The molecule has 2 aromatic carbocycles. The number of methoxy groups -OCH3 is 1. The van der Waals surface area contributed by atoms with Crippen molar-refractivity contribution in [1.29, 1.82) is 0 Å². The predicted molar refractivity (Wildman–Crippen MR) is 104 cm³/mol. The lowest BCUT2D eigenvalue weighted by Crippen LogP contribution is -2.37. The second-order valence-corrected chi connectivity index (χ2v) is 7.08. The van der Waals surface area contributed by atoms with Crippen LogP contribution in [0.15, 0.2) is 45.6 Å². The standard InChI is InChI=1S/C21H22N2O5/c1-13-3-6-18-17(7-13)23(21(25)28-18)11-20(24)22-10-14-8-15-4-5-16(26-2)9-19(15)27-12-14/h3-7,9,14H,8,10-12H2,1-2H3,(H,22,24). The lowest BCUT2D eigenvalue weighted by Gasteiger charge is -2.25. The summed E-state index contributed by atoms with van der Waals surface area (Å²) in [7, 11) is 1.62. The summed E-state index contributed by atoms with van der Waals surface area (Å²) in [4.78, 5) is 24.5. The Bertz CT molecular complexity index is 1080. The Labute approximate surface area is 161 Å². The van der Waals surface area contributed by atoms with Crippen LogP contribution in [0.4, 0.5) is 0 Å². The Morgan fingerprint density at radius 1 is 1.29 bits per heavy atom. The number of ether oxygens (including phenoxy) is 2. The zero-order chi connectivity index (χ0) is 19.7. The summed E-state index contributed by atoms with van der Waals surface area (Å²) in [5.41, 5.74) is 3.20. The second-order valence-electron chi connectivity index (χ2n) is 7.08. The number of nitrogens with zero attached hydrogens (tertiary/aromatic N) is 1. The molecule has 1 aliphatic heterocycles. The lowest BCUT2D eigenvalue weighted by molar-refractivity contribution is -0.121. The molecule has 2 heterocycles. The van der Waals surface area contributed by atoms with Crippen LogP contribution in [0.1, 0.15) is 11.1 Å². The first-order valence-electron chi connectivity index (χ1n) is 9.20. The Balaban J connectivity index is 1.38. The quantitative estimate of drug-likeness (QED) is 0.732. The summed E-state index contributed by atoms with van der Waals surface area (Å²) < 4.78 is 17.6. The fourth-order valence-corrected chi connectivity index (χ4v) is 3.45. The van der Waals surface area contributed by atoms with Crippen molar-refractivity contribution in [2.75, 3.05) is 20.3 Å². The van der Waals surface area contributed by atoms with Gasteiger partial charge in [-0.25, -0.2) is 4.79 Å². The van der Waals surface area contributed by atoms with Crippen molar-refractivity contribution in [2.24, 2.45) is 5.92 Å². The minimum absolute atomic E-state index is 0.0728. The molecule has 1 atom stereocenters. The highest BCUT2D eigenvalue weighted by atomic mass is 16.5. The van der Waals surface area contributed by atoms with Gasteiger partial charge in [-0.15, -0.1) is 0 Å². The number of hydrogen-bond acceptors (Lipinski definition) is 5. The van der Waals surface area contributed by atoms with Crippen LogP contribution in [0.5, 0.6) is 11.5 Å². The maximum Gasteiger partial charge on any atom is 0.420 e. The molecule has 0 bridgehead atoms. The molecule has 0 saturated heterocycles. The molecule has 0 aliphatic carbocycles. The summed E-state index contributed by atoms with van der Waals surface area (Å²) >= 11 is 0. The highest BCUT2D eigenvalue weighted by Gasteiger charge is 2.21. The molecule has 146 valence electrons. The largest absolute Gasteiger partial charge is 0.497 e. The van der Waals surface area contributed by atoms with Gasteiger partial charge in [0.2, 0.25) is 5.91 Å². The topological polar surface area (TPSA) is 82.7 Å². The van der Waals surface area contributed by atoms with Crippen LogP contribution >= 0.6 is 0 Å². The number of aromatic nitrogens is 1. The van der Waals surface area contributed by atoms with E-state index in [1.807, 2.05) is 37.3 Å². The average molecular weight is 382 g/mol. The molecular formula is C21H22N2O5. The number of fused-ring (bicyclic) bond motifs is 2. The first-order valence-corrected chi connectivity index (χ1v) is 9.20. The number of amides is 1. The molecule has 1 N–H and O–H groups in total. The molecule has 3 aromatic rings. The summed E-state index contributed by atoms with van der Waals surface area (Å²) in [6.45, 7) is 2.86. The van der Waals surface area contributed by atoms with Crippen molar-refractivity contribution in [1.82, 2.24) is 9.88 Å². The van der Waals surface area contributed by atoms with Gasteiger partial charge in [-0.3, -0.25) is 9.36 Å². The molecule has 7 heteroatoms. The summed E-state index contributed by atoms with van der Waals surface area (Å²) in [5.74, 6) is 1.00. The predicted octanol–water partition coefficient (Wildman–Crippen LogP) is 2.28. The number of rotatable bonds is 5. The zero-order valence-electron chi connectivity index (χ0n) is 15.9. The smallest absolute Gasteiger partial charge is 0.420 e. The van der Waals surface area contributed by atoms with Gasteiger partial charge < -0.3 is 19.2 Å². The van der Waals surface area contributed by atoms with Crippen molar-refractivity contribution in [3.8, 4) is 11.5 Å². The Hall–Kier alpha value is -3.22. The Morgan fingerprint density at radius 3 is 2.96 bits per heavy atom. The first-order chi connectivity index (χ1) is 13.5. The summed E-state index contributed by atoms with van der Waals surface area (Å²) in [6, 6.07) is 11.2. The molecule has 0 spiro atoms. The number of aryl methyl sites for hydroxylation is 1. The van der Waals surface area contributed by atoms with E-state index in [9.17, 15) is 9.59 Å². The summed E-state index contributed by atoms with van der Waals surface area (Å²) in [5, 5.41) is 2.91. The maximum atomic E-state index is 12.4. The van der Waals surface area contributed by atoms with Crippen LogP contribution in [-0.4, -0.2) is 30.7 Å². The third-order valence-corrected chi connectivity index (χ3v) is 4.97. The van der Waals surface area contributed by atoms with Crippen LogP contribution < -0.4 is 20.5 Å². The zero-order valence-corrected chi connectivity index (χ0v) is 15.9. The third-order valence-electron chi connectivity index (χ3n) is 4.97. The molecule has 0 radical (unpaired) electrons. The van der Waals surface area contributed by atoms with Gasteiger partial charge in [-0.2, -0.15) is 0 Å². The van der Waals surface area contributed by atoms with E-state index in [1.54, 1.807) is 13.2 Å². The highest BCUT2D eigenvalue weighted by molar-refractivity contribution is 5.79. The van der Waals surface area contributed by atoms with E-state index >= 15 is 0 Å². The van der Waals surface area contributed by atoms with E-state index in [4.69, 9.17) is 13.9 Å². The monoisotopic (exact) mass is 382 g/mol. The fourth-order valence-electron chi connectivity index (χ4n) is 3.45. The molecule has 1 aliphatic rings. The molecule has 1 amide bonds. The van der Waals surface area contributed by atoms with Crippen LogP contribution in [0, 0.1) is 12.8 Å². The minimum atomic E-state index is -0.528. The SMILES string of the molecule is COc1ccc2c(c1)OCC(CNC(=O)Cn1c(=O)oc3ccc(C)cc31)C2. The highest BCUT2D eigenvalue weighted by Crippen LogP contribution is 2.30. The average Bonchev–Trinajstić information content (AvgIpc) is 3.00. The second kappa shape index (κ2) is 7.42. The number of carbonyl (C=O) groups excluding carboxylic acids is 1. The molecule has 28 heavy (non-hydrogen) atoms. The van der Waals surface area contributed by atoms with Crippen molar-refractivity contribution in [3.63, 3.8) is 0 Å². The van der Waals surface area contributed by atoms with E-state index < -0.39 is 5.76 Å².